The van der Waals surface area contributed by atoms with Gasteiger partial charge in [0.25, 0.3) is 0 Å². The highest BCUT2D eigenvalue weighted by Crippen LogP contribution is 2.29. The van der Waals surface area contributed by atoms with E-state index >= 15 is 0 Å². The maximum Gasteiger partial charge on any atom is 0.00991 e. The molecule has 1 N–H and O–H groups in total. The zero-order valence-electron chi connectivity index (χ0n) is 10.3. The largest absolute Gasteiger partial charge is 0.314 e. The first-order chi connectivity index (χ1) is 7.31. The van der Waals surface area contributed by atoms with E-state index in [2.05, 4.69) is 24.1 Å². The van der Waals surface area contributed by atoms with Gasteiger partial charge in [-0.05, 0) is 52.1 Å². The van der Waals surface area contributed by atoms with Crippen LogP contribution >= 0.6 is 0 Å². The van der Waals surface area contributed by atoms with E-state index in [1.807, 2.05) is 0 Å². The second-order valence-corrected chi connectivity index (χ2v) is 5.29. The fourth-order valence-corrected chi connectivity index (χ4v) is 3.01. The van der Waals surface area contributed by atoms with Crippen LogP contribution in [0.1, 0.15) is 52.4 Å². The highest BCUT2D eigenvalue weighted by atomic mass is 15.2. The average molecular weight is 210 g/mol. The molecular formula is C13H26N2. The predicted molar refractivity (Wildman–Crippen MR) is 65.1 cm³/mol. The molecule has 2 aliphatic rings. The highest BCUT2D eigenvalue weighted by Gasteiger charge is 2.31. The molecule has 1 saturated carbocycles. The molecule has 2 atom stereocenters. The molecule has 0 aromatic heterocycles. The van der Waals surface area contributed by atoms with Crippen molar-refractivity contribution in [1.29, 1.82) is 0 Å². The van der Waals surface area contributed by atoms with Gasteiger partial charge >= 0.3 is 0 Å². The summed E-state index contributed by atoms with van der Waals surface area (Å²) in [6.45, 7) is 7.20. The van der Waals surface area contributed by atoms with E-state index in [1.54, 1.807) is 0 Å². The Labute approximate surface area is 94.4 Å². The molecule has 2 nitrogen and oxygen atoms in total. The molecule has 2 unspecified atom stereocenters. The van der Waals surface area contributed by atoms with E-state index in [-0.39, 0.29) is 0 Å². The van der Waals surface area contributed by atoms with Crippen LogP contribution in [0.2, 0.25) is 0 Å². The molecule has 15 heavy (non-hydrogen) atoms. The third kappa shape index (κ3) is 3.18. The van der Waals surface area contributed by atoms with Crippen LogP contribution in [0.15, 0.2) is 0 Å². The summed E-state index contributed by atoms with van der Waals surface area (Å²) in [5, 5.41) is 3.66. The molecule has 0 spiro atoms. The smallest absolute Gasteiger partial charge is 0.00991 e. The normalized spacial score (nSPS) is 29.4. The summed E-state index contributed by atoms with van der Waals surface area (Å²) in [5.41, 5.74) is 0. The van der Waals surface area contributed by atoms with Crippen LogP contribution in [0.25, 0.3) is 0 Å². The first kappa shape index (κ1) is 11.4. The van der Waals surface area contributed by atoms with Crippen LogP contribution in [0.5, 0.6) is 0 Å². The van der Waals surface area contributed by atoms with Crippen molar-refractivity contribution in [2.45, 2.75) is 70.5 Å². The Hall–Kier alpha value is -0.0800. The van der Waals surface area contributed by atoms with E-state index in [0.717, 1.165) is 18.1 Å². The summed E-state index contributed by atoms with van der Waals surface area (Å²) in [6, 6.07) is 2.49. The topological polar surface area (TPSA) is 15.3 Å². The van der Waals surface area contributed by atoms with Gasteiger partial charge in [0.1, 0.15) is 0 Å². The summed E-state index contributed by atoms with van der Waals surface area (Å²) >= 11 is 0. The highest BCUT2D eigenvalue weighted by molar-refractivity contribution is 4.88. The fraction of sp³-hybridized carbons (Fsp3) is 1.00. The van der Waals surface area contributed by atoms with Crippen molar-refractivity contribution in [1.82, 2.24) is 10.2 Å². The van der Waals surface area contributed by atoms with Gasteiger partial charge in [-0.15, -0.1) is 0 Å². The van der Waals surface area contributed by atoms with Gasteiger partial charge in [0.05, 0.1) is 0 Å². The second kappa shape index (κ2) is 5.31. The number of nitrogens with one attached hydrogen (secondary N) is 1. The first-order valence-electron chi connectivity index (χ1n) is 6.80. The zero-order chi connectivity index (χ0) is 10.7. The van der Waals surface area contributed by atoms with Crippen LogP contribution in [0, 0.1) is 0 Å². The number of rotatable bonds is 5. The van der Waals surface area contributed by atoms with E-state index in [4.69, 9.17) is 0 Å². The molecule has 0 amide bonds. The minimum Gasteiger partial charge on any atom is -0.314 e. The summed E-state index contributed by atoms with van der Waals surface area (Å²) in [7, 11) is 0. The van der Waals surface area contributed by atoms with Crippen LogP contribution in [0.3, 0.4) is 0 Å². The molecule has 1 saturated heterocycles. The summed E-state index contributed by atoms with van der Waals surface area (Å²) in [5.74, 6) is 0. The lowest BCUT2D eigenvalue weighted by atomic mass is 9.98. The van der Waals surface area contributed by atoms with Gasteiger partial charge in [0.15, 0.2) is 0 Å². The zero-order valence-corrected chi connectivity index (χ0v) is 10.3. The van der Waals surface area contributed by atoms with Crippen molar-refractivity contribution in [3.63, 3.8) is 0 Å². The van der Waals surface area contributed by atoms with Crippen LogP contribution in [-0.2, 0) is 0 Å². The standard InChI is InChI=1S/C13H26N2/c1-3-15(13-7-8-13)11(2)10-12-6-4-5-9-14-12/h11-14H,3-10H2,1-2H3. The quantitative estimate of drug-likeness (QED) is 0.749. The minimum absolute atomic E-state index is 0.776. The summed E-state index contributed by atoms with van der Waals surface area (Å²) in [6.07, 6.45) is 8.44. The van der Waals surface area contributed by atoms with Crippen LogP contribution in [0.4, 0.5) is 0 Å². The Morgan fingerprint density at radius 1 is 1.27 bits per heavy atom. The Bertz CT molecular complexity index is 183. The second-order valence-electron chi connectivity index (χ2n) is 5.29. The molecule has 2 rings (SSSR count). The van der Waals surface area contributed by atoms with E-state index in [0.29, 0.717) is 0 Å². The van der Waals surface area contributed by atoms with Crippen molar-refractivity contribution in [2.24, 2.45) is 0 Å². The number of piperidine rings is 1. The lowest BCUT2D eigenvalue weighted by Crippen LogP contribution is -2.42. The molecule has 0 bridgehead atoms. The van der Waals surface area contributed by atoms with Crippen molar-refractivity contribution < 1.29 is 0 Å². The minimum atomic E-state index is 0.776. The average Bonchev–Trinajstić information content (AvgIpc) is 3.04. The van der Waals surface area contributed by atoms with Gasteiger partial charge in [-0.25, -0.2) is 0 Å². The van der Waals surface area contributed by atoms with E-state index in [9.17, 15) is 0 Å². The summed E-state index contributed by atoms with van der Waals surface area (Å²) < 4.78 is 0. The van der Waals surface area contributed by atoms with Crippen LogP contribution in [-0.4, -0.2) is 36.1 Å². The van der Waals surface area contributed by atoms with Crippen molar-refractivity contribution in [3.8, 4) is 0 Å². The third-order valence-electron chi connectivity index (χ3n) is 3.99. The molecule has 0 aromatic rings. The Morgan fingerprint density at radius 2 is 2.07 bits per heavy atom. The van der Waals surface area contributed by atoms with E-state index < -0.39 is 0 Å². The maximum atomic E-state index is 3.66. The lowest BCUT2D eigenvalue weighted by molar-refractivity contribution is 0.179. The van der Waals surface area contributed by atoms with Gasteiger partial charge in [0.2, 0.25) is 0 Å². The number of hydrogen-bond acceptors (Lipinski definition) is 2. The van der Waals surface area contributed by atoms with Crippen LogP contribution < -0.4 is 5.32 Å². The van der Waals surface area contributed by atoms with E-state index in [1.165, 1.54) is 51.6 Å². The number of hydrogen-bond donors (Lipinski definition) is 1. The molecule has 0 radical (unpaired) electrons. The Balaban J connectivity index is 1.75. The lowest BCUT2D eigenvalue weighted by Gasteiger charge is -2.32. The third-order valence-corrected chi connectivity index (χ3v) is 3.99. The van der Waals surface area contributed by atoms with Crippen molar-refractivity contribution in [2.75, 3.05) is 13.1 Å². The molecule has 1 heterocycles. The van der Waals surface area contributed by atoms with Gasteiger partial charge < -0.3 is 5.32 Å². The monoisotopic (exact) mass is 210 g/mol. The SMILES string of the molecule is CCN(C(C)CC1CCCCN1)C1CC1. The molecular weight excluding hydrogens is 184 g/mol. The molecule has 2 heteroatoms. The van der Waals surface area contributed by atoms with Gasteiger partial charge in [0, 0.05) is 18.1 Å². The first-order valence-corrected chi connectivity index (χ1v) is 6.80. The van der Waals surface area contributed by atoms with Gasteiger partial charge in [-0.1, -0.05) is 13.3 Å². The molecule has 1 aliphatic carbocycles. The molecule has 2 fully saturated rings. The Kier molecular flexibility index (Phi) is 4.04. The predicted octanol–water partition coefficient (Wildman–Crippen LogP) is 2.39. The summed E-state index contributed by atoms with van der Waals surface area (Å²) in [4.78, 5) is 2.70. The molecule has 88 valence electrons. The van der Waals surface area contributed by atoms with Gasteiger partial charge in [-0.2, -0.15) is 0 Å². The maximum absolute atomic E-state index is 3.66. The van der Waals surface area contributed by atoms with Gasteiger partial charge in [-0.3, -0.25) is 4.90 Å². The Morgan fingerprint density at radius 3 is 2.60 bits per heavy atom. The van der Waals surface area contributed by atoms with Crippen molar-refractivity contribution >= 4 is 0 Å². The number of nitrogens with zero attached hydrogens (tertiary/aromatic N) is 1. The molecule has 0 aromatic carbocycles. The van der Waals surface area contributed by atoms with Crippen molar-refractivity contribution in [3.05, 3.63) is 0 Å². The molecule has 1 aliphatic heterocycles. The fourth-order valence-electron chi connectivity index (χ4n) is 3.01.